The van der Waals surface area contributed by atoms with Crippen LogP contribution in [-0.4, -0.2) is 28.6 Å². The number of carbonyl (C=O) groups excluding carboxylic acids is 1. The van der Waals surface area contributed by atoms with Gasteiger partial charge >= 0.3 is 0 Å². The summed E-state index contributed by atoms with van der Waals surface area (Å²) in [7, 11) is 1.88. The van der Waals surface area contributed by atoms with Crippen LogP contribution in [0.1, 0.15) is 29.8 Å². The smallest absolute Gasteiger partial charge is 0.268 e. The van der Waals surface area contributed by atoms with Gasteiger partial charge in [-0.2, -0.15) is 0 Å². The number of carbonyl (C=O) groups is 1. The Morgan fingerprint density at radius 1 is 1.25 bits per heavy atom. The van der Waals surface area contributed by atoms with E-state index in [0.717, 1.165) is 24.1 Å². The first-order valence-corrected chi connectivity index (χ1v) is 8.96. The zero-order valence-electron chi connectivity index (χ0n) is 13.4. The molecule has 2 aliphatic heterocycles. The van der Waals surface area contributed by atoms with Crippen LogP contribution in [-0.2, 0) is 7.05 Å². The number of hydrogen-bond donors (Lipinski definition) is 2. The third-order valence-electron chi connectivity index (χ3n) is 5.18. The van der Waals surface area contributed by atoms with Crippen LogP contribution in [0.3, 0.4) is 0 Å². The molecule has 126 valence electrons. The molecule has 24 heavy (non-hydrogen) atoms. The molecule has 2 bridgehead atoms. The van der Waals surface area contributed by atoms with Gasteiger partial charge in [-0.15, -0.1) is 0 Å². The minimum atomic E-state index is -0.0341. The Balaban J connectivity index is 1.56. The van der Waals surface area contributed by atoms with Crippen molar-refractivity contribution in [1.82, 2.24) is 15.2 Å². The van der Waals surface area contributed by atoms with E-state index < -0.39 is 0 Å². The molecule has 2 fully saturated rings. The maximum Gasteiger partial charge on any atom is 0.268 e. The monoisotopic (exact) mass is 363 g/mol. The third kappa shape index (κ3) is 2.73. The van der Waals surface area contributed by atoms with Crippen molar-refractivity contribution < 1.29 is 4.79 Å². The Labute approximate surface area is 151 Å². The van der Waals surface area contributed by atoms with Gasteiger partial charge in [0.25, 0.3) is 5.91 Å². The second-order valence-electron chi connectivity index (χ2n) is 6.65. The average Bonchev–Trinajstić information content (AvgIpc) is 3.23. The molecule has 4 rings (SSSR count). The molecule has 0 saturated carbocycles. The molecule has 3 heterocycles. The van der Waals surface area contributed by atoms with E-state index >= 15 is 0 Å². The van der Waals surface area contributed by atoms with Gasteiger partial charge in [0.1, 0.15) is 5.69 Å². The van der Waals surface area contributed by atoms with Crippen LogP contribution in [0.25, 0.3) is 11.3 Å². The molecule has 4 nitrogen and oxygen atoms in total. The molecule has 2 N–H and O–H groups in total. The summed E-state index contributed by atoms with van der Waals surface area (Å²) in [4.78, 5) is 12.7. The van der Waals surface area contributed by atoms with Gasteiger partial charge < -0.3 is 15.2 Å². The minimum absolute atomic E-state index is 0.0341. The van der Waals surface area contributed by atoms with Crippen LogP contribution in [0.2, 0.25) is 10.0 Å². The zero-order valence-corrected chi connectivity index (χ0v) is 14.9. The van der Waals surface area contributed by atoms with Gasteiger partial charge in [0.15, 0.2) is 0 Å². The summed E-state index contributed by atoms with van der Waals surface area (Å²) in [6, 6.07) is 10.4. The van der Waals surface area contributed by atoms with Gasteiger partial charge in [-0.05, 0) is 49.6 Å². The Hall–Kier alpha value is -1.49. The lowest BCUT2D eigenvalue weighted by Crippen LogP contribution is -2.43. The van der Waals surface area contributed by atoms with Gasteiger partial charge in [-0.1, -0.05) is 23.2 Å². The summed E-state index contributed by atoms with van der Waals surface area (Å²) in [5.41, 5.74) is 2.40. The summed E-state index contributed by atoms with van der Waals surface area (Å²) in [6.45, 7) is 0. The average molecular weight is 364 g/mol. The fourth-order valence-electron chi connectivity index (χ4n) is 3.93. The molecule has 2 aliphatic rings. The lowest BCUT2D eigenvalue weighted by molar-refractivity contribution is 0.0923. The maximum atomic E-state index is 12.7. The van der Waals surface area contributed by atoms with Crippen molar-refractivity contribution in [3.8, 4) is 11.3 Å². The van der Waals surface area contributed by atoms with Crippen molar-refractivity contribution >= 4 is 29.1 Å². The lowest BCUT2D eigenvalue weighted by Gasteiger charge is -2.21. The standard InChI is InChI=1S/C18H19Cl2N3O/c1-23-16(12-4-2-10(19)8-13(12)20)6-7-17(23)18(24)22-15-9-11-3-5-14(15)21-11/h2,4,6-8,11,14-15,21H,3,5,9H2,1H3,(H,22,24)/t11-,14+,15-/m1/s1. The van der Waals surface area contributed by atoms with Crippen LogP contribution < -0.4 is 10.6 Å². The summed E-state index contributed by atoms with van der Waals surface area (Å²) < 4.78 is 1.88. The Kier molecular flexibility index (Phi) is 4.07. The van der Waals surface area contributed by atoms with E-state index in [1.54, 1.807) is 12.1 Å². The van der Waals surface area contributed by atoms with E-state index in [1.165, 1.54) is 6.42 Å². The van der Waals surface area contributed by atoms with E-state index in [0.29, 0.717) is 27.8 Å². The zero-order chi connectivity index (χ0) is 16.8. The minimum Gasteiger partial charge on any atom is -0.346 e. The molecule has 2 saturated heterocycles. The van der Waals surface area contributed by atoms with Crippen molar-refractivity contribution in [3.63, 3.8) is 0 Å². The van der Waals surface area contributed by atoms with Crippen LogP contribution in [0, 0.1) is 0 Å². The molecule has 2 aromatic rings. The van der Waals surface area contributed by atoms with Crippen molar-refractivity contribution in [1.29, 1.82) is 0 Å². The molecule has 0 spiro atoms. The second-order valence-corrected chi connectivity index (χ2v) is 7.49. The first-order chi connectivity index (χ1) is 11.5. The largest absolute Gasteiger partial charge is 0.346 e. The summed E-state index contributed by atoms with van der Waals surface area (Å²) in [6.07, 6.45) is 3.39. The second kappa shape index (κ2) is 6.10. The fraction of sp³-hybridized carbons (Fsp3) is 0.389. The number of benzene rings is 1. The highest BCUT2D eigenvalue weighted by Crippen LogP contribution is 2.32. The SMILES string of the molecule is Cn1c(C(=O)N[C@@H]2C[C@H]3CC[C@@H]2N3)ccc1-c1ccc(Cl)cc1Cl. The van der Waals surface area contributed by atoms with E-state index in [4.69, 9.17) is 23.2 Å². The fourth-order valence-corrected chi connectivity index (χ4v) is 4.44. The molecule has 6 heteroatoms. The van der Waals surface area contributed by atoms with Gasteiger partial charge in [-0.25, -0.2) is 0 Å². The number of rotatable bonds is 3. The van der Waals surface area contributed by atoms with Crippen LogP contribution >= 0.6 is 23.2 Å². The third-order valence-corrected chi connectivity index (χ3v) is 5.73. The lowest BCUT2D eigenvalue weighted by atomic mass is 9.95. The quantitative estimate of drug-likeness (QED) is 0.874. The van der Waals surface area contributed by atoms with Crippen LogP contribution in [0.5, 0.6) is 0 Å². The van der Waals surface area contributed by atoms with Gasteiger partial charge in [-0.3, -0.25) is 4.79 Å². The summed E-state index contributed by atoms with van der Waals surface area (Å²) in [5.74, 6) is -0.0341. The van der Waals surface area contributed by atoms with Crippen LogP contribution in [0.4, 0.5) is 0 Å². The molecule has 0 aliphatic carbocycles. The molecular weight excluding hydrogens is 345 g/mol. The van der Waals surface area contributed by atoms with E-state index in [1.807, 2.05) is 29.8 Å². The van der Waals surface area contributed by atoms with Crippen molar-refractivity contribution in [2.24, 2.45) is 7.05 Å². The maximum absolute atomic E-state index is 12.7. The number of nitrogens with one attached hydrogen (secondary N) is 2. The normalized spacial score (nSPS) is 25.2. The number of nitrogens with zero attached hydrogens (tertiary/aromatic N) is 1. The highest BCUT2D eigenvalue weighted by molar-refractivity contribution is 6.36. The van der Waals surface area contributed by atoms with Crippen molar-refractivity contribution in [2.45, 2.75) is 37.4 Å². The number of amides is 1. The Bertz CT molecular complexity index is 802. The number of aromatic nitrogens is 1. The molecular formula is C18H19Cl2N3O. The summed E-state index contributed by atoms with van der Waals surface area (Å²) >= 11 is 12.3. The highest BCUT2D eigenvalue weighted by Gasteiger charge is 2.39. The van der Waals surface area contributed by atoms with Crippen LogP contribution in [0.15, 0.2) is 30.3 Å². The van der Waals surface area contributed by atoms with Gasteiger partial charge in [0, 0.05) is 41.5 Å². The topological polar surface area (TPSA) is 46.1 Å². The first kappa shape index (κ1) is 16.0. The van der Waals surface area contributed by atoms with E-state index in [2.05, 4.69) is 10.6 Å². The molecule has 3 atom stereocenters. The summed E-state index contributed by atoms with van der Waals surface area (Å²) in [5, 5.41) is 7.89. The Morgan fingerprint density at radius 2 is 2.08 bits per heavy atom. The molecule has 0 radical (unpaired) electrons. The molecule has 0 unspecified atom stereocenters. The highest BCUT2D eigenvalue weighted by atomic mass is 35.5. The molecule has 1 aromatic carbocycles. The number of hydrogen-bond acceptors (Lipinski definition) is 2. The molecule has 1 amide bonds. The molecule has 1 aromatic heterocycles. The Morgan fingerprint density at radius 3 is 2.75 bits per heavy atom. The number of fused-ring (bicyclic) bond motifs is 2. The number of halogens is 2. The predicted molar refractivity (Wildman–Crippen MR) is 96.7 cm³/mol. The van der Waals surface area contributed by atoms with Gasteiger partial charge in [0.05, 0.1) is 5.02 Å². The first-order valence-electron chi connectivity index (χ1n) is 8.21. The van der Waals surface area contributed by atoms with E-state index in [9.17, 15) is 4.79 Å². The van der Waals surface area contributed by atoms with Crippen molar-refractivity contribution in [3.05, 3.63) is 46.1 Å². The van der Waals surface area contributed by atoms with E-state index in [-0.39, 0.29) is 11.9 Å². The van der Waals surface area contributed by atoms with Gasteiger partial charge in [0.2, 0.25) is 0 Å². The van der Waals surface area contributed by atoms with Crippen molar-refractivity contribution in [2.75, 3.05) is 0 Å². The predicted octanol–water partition coefficient (Wildman–Crippen LogP) is 3.62.